The number of hydrogen-bond acceptors (Lipinski definition) is 4. The third-order valence-electron chi connectivity index (χ3n) is 2.96. The number of halogens is 1. The van der Waals surface area contributed by atoms with Crippen LogP contribution in [0.5, 0.6) is 0 Å². The fraction of sp³-hybridized carbons (Fsp3) is 0.267. The topological polar surface area (TPSA) is 52.3 Å². The van der Waals surface area contributed by atoms with Crippen molar-refractivity contribution in [3.05, 3.63) is 40.0 Å². The Morgan fingerprint density at radius 3 is 2.65 bits per heavy atom. The van der Waals surface area contributed by atoms with E-state index in [1.54, 1.807) is 6.92 Å². The molecule has 0 aliphatic heterocycles. The number of nitrogen functional groups attached to an aromatic ring is 1. The monoisotopic (exact) mass is 293 g/mol. The number of esters is 1. The minimum atomic E-state index is -0.433. The Balaban J connectivity index is 2.53. The van der Waals surface area contributed by atoms with Gasteiger partial charge in [0.2, 0.25) is 0 Å². The van der Waals surface area contributed by atoms with E-state index in [1.165, 1.54) is 23.5 Å². The molecule has 3 nitrogen and oxygen atoms in total. The highest BCUT2D eigenvalue weighted by Gasteiger charge is 2.20. The average molecular weight is 293 g/mol. The van der Waals surface area contributed by atoms with Crippen LogP contribution in [0.25, 0.3) is 10.4 Å². The van der Waals surface area contributed by atoms with Crippen LogP contribution in [-0.4, -0.2) is 12.6 Å². The second-order valence-corrected chi connectivity index (χ2v) is 5.56. The van der Waals surface area contributed by atoms with Crippen molar-refractivity contribution in [3.8, 4) is 10.4 Å². The van der Waals surface area contributed by atoms with Gasteiger partial charge in [-0.25, -0.2) is 9.18 Å². The molecule has 106 valence electrons. The summed E-state index contributed by atoms with van der Waals surface area (Å²) in [5.41, 5.74) is 8.70. The van der Waals surface area contributed by atoms with Crippen molar-refractivity contribution >= 4 is 23.0 Å². The summed E-state index contributed by atoms with van der Waals surface area (Å²) in [6, 6.07) is 4.78. The Morgan fingerprint density at radius 2 is 2.05 bits per heavy atom. The van der Waals surface area contributed by atoms with Gasteiger partial charge < -0.3 is 10.5 Å². The zero-order valence-corrected chi connectivity index (χ0v) is 12.4. The van der Waals surface area contributed by atoms with E-state index in [2.05, 4.69) is 0 Å². The summed E-state index contributed by atoms with van der Waals surface area (Å²) < 4.78 is 18.5. The average Bonchev–Trinajstić information content (AvgIpc) is 2.66. The Labute approximate surface area is 121 Å². The minimum Gasteiger partial charge on any atom is -0.462 e. The summed E-state index contributed by atoms with van der Waals surface area (Å²) >= 11 is 1.24. The molecule has 0 amide bonds. The van der Waals surface area contributed by atoms with Crippen LogP contribution >= 0.6 is 11.3 Å². The summed E-state index contributed by atoms with van der Waals surface area (Å²) in [5.74, 6) is -0.735. The van der Waals surface area contributed by atoms with Gasteiger partial charge in [0.05, 0.1) is 12.3 Å². The Hall–Kier alpha value is -1.88. The molecule has 0 saturated heterocycles. The minimum absolute atomic E-state index is 0.295. The lowest BCUT2D eigenvalue weighted by Crippen LogP contribution is -2.05. The predicted octanol–water partition coefficient (Wildman–Crippen LogP) is 3.93. The Bertz CT molecular complexity index is 644. The zero-order valence-electron chi connectivity index (χ0n) is 11.6. The highest BCUT2D eigenvalue weighted by atomic mass is 32.1. The number of aryl methyl sites for hydroxylation is 1. The SMILES string of the molecule is CCOC(=O)c1sc(-c2cc(C)cc(F)c2)c(C)c1N. The molecule has 0 aliphatic rings. The molecule has 20 heavy (non-hydrogen) atoms. The summed E-state index contributed by atoms with van der Waals surface area (Å²) in [5, 5.41) is 0. The molecule has 0 fully saturated rings. The first-order valence-corrected chi connectivity index (χ1v) is 7.09. The first-order chi connectivity index (χ1) is 9.43. The van der Waals surface area contributed by atoms with Crippen molar-refractivity contribution < 1.29 is 13.9 Å². The molecule has 0 spiro atoms. The smallest absolute Gasteiger partial charge is 0.350 e. The van der Waals surface area contributed by atoms with Crippen molar-refractivity contribution in [1.82, 2.24) is 0 Å². The van der Waals surface area contributed by atoms with Crippen LogP contribution < -0.4 is 5.73 Å². The molecule has 0 bridgehead atoms. The van der Waals surface area contributed by atoms with Gasteiger partial charge in [-0.15, -0.1) is 11.3 Å². The van der Waals surface area contributed by atoms with Crippen LogP contribution in [0.4, 0.5) is 10.1 Å². The third-order valence-corrected chi connectivity index (χ3v) is 4.30. The molecule has 0 atom stereocenters. The van der Waals surface area contributed by atoms with Crippen molar-refractivity contribution in [3.63, 3.8) is 0 Å². The van der Waals surface area contributed by atoms with Crippen LogP contribution in [0.2, 0.25) is 0 Å². The van der Waals surface area contributed by atoms with Gasteiger partial charge in [0.15, 0.2) is 0 Å². The van der Waals surface area contributed by atoms with E-state index in [0.717, 1.165) is 21.6 Å². The molecule has 2 N–H and O–H groups in total. The van der Waals surface area contributed by atoms with Crippen LogP contribution in [0.1, 0.15) is 27.7 Å². The number of nitrogens with two attached hydrogens (primary N) is 1. The number of ether oxygens (including phenoxy) is 1. The number of hydrogen-bond donors (Lipinski definition) is 1. The molecule has 1 heterocycles. The molecule has 0 radical (unpaired) electrons. The molecule has 2 aromatic rings. The van der Waals surface area contributed by atoms with E-state index in [1.807, 2.05) is 19.9 Å². The van der Waals surface area contributed by atoms with E-state index in [0.29, 0.717) is 17.2 Å². The Morgan fingerprint density at radius 1 is 1.35 bits per heavy atom. The number of benzene rings is 1. The number of anilines is 1. The second-order valence-electron chi connectivity index (χ2n) is 4.54. The van der Waals surface area contributed by atoms with Gasteiger partial charge in [-0.05, 0) is 49.6 Å². The van der Waals surface area contributed by atoms with Gasteiger partial charge in [-0.1, -0.05) is 6.07 Å². The molecule has 1 aromatic heterocycles. The van der Waals surface area contributed by atoms with Crippen LogP contribution in [0, 0.1) is 19.7 Å². The van der Waals surface area contributed by atoms with E-state index in [4.69, 9.17) is 10.5 Å². The zero-order chi connectivity index (χ0) is 14.9. The number of carbonyl (C=O) groups excluding carboxylic acids is 1. The highest BCUT2D eigenvalue weighted by Crippen LogP contribution is 2.39. The van der Waals surface area contributed by atoms with Gasteiger partial charge in [0.1, 0.15) is 10.7 Å². The maximum absolute atomic E-state index is 13.5. The van der Waals surface area contributed by atoms with Gasteiger partial charge in [-0.3, -0.25) is 0 Å². The van der Waals surface area contributed by atoms with Gasteiger partial charge in [0, 0.05) is 4.88 Å². The van der Waals surface area contributed by atoms with Crippen LogP contribution in [0.15, 0.2) is 18.2 Å². The normalized spacial score (nSPS) is 10.6. The molecular formula is C15H16FNO2S. The van der Waals surface area contributed by atoms with E-state index < -0.39 is 5.97 Å². The van der Waals surface area contributed by atoms with E-state index >= 15 is 0 Å². The largest absolute Gasteiger partial charge is 0.462 e. The van der Waals surface area contributed by atoms with Gasteiger partial charge in [-0.2, -0.15) is 0 Å². The molecular weight excluding hydrogens is 277 g/mol. The fourth-order valence-corrected chi connectivity index (χ4v) is 3.13. The van der Waals surface area contributed by atoms with E-state index in [-0.39, 0.29) is 5.82 Å². The van der Waals surface area contributed by atoms with Crippen LogP contribution in [0.3, 0.4) is 0 Å². The van der Waals surface area contributed by atoms with Crippen molar-refractivity contribution in [2.24, 2.45) is 0 Å². The summed E-state index contributed by atoms with van der Waals surface area (Å²) in [6.45, 7) is 5.68. The lowest BCUT2D eigenvalue weighted by Gasteiger charge is -2.02. The molecule has 0 aliphatic carbocycles. The summed E-state index contributed by atoms with van der Waals surface area (Å²) in [6.07, 6.45) is 0. The van der Waals surface area contributed by atoms with Crippen molar-refractivity contribution in [1.29, 1.82) is 0 Å². The Kier molecular flexibility index (Phi) is 4.09. The molecule has 5 heteroatoms. The van der Waals surface area contributed by atoms with Crippen molar-refractivity contribution in [2.75, 3.05) is 12.3 Å². The van der Waals surface area contributed by atoms with Gasteiger partial charge >= 0.3 is 5.97 Å². The molecule has 2 rings (SSSR count). The summed E-state index contributed by atoms with van der Waals surface area (Å²) in [4.78, 5) is 13.0. The molecule has 0 saturated carbocycles. The fourth-order valence-electron chi connectivity index (χ4n) is 2.02. The maximum atomic E-state index is 13.5. The first-order valence-electron chi connectivity index (χ1n) is 6.27. The van der Waals surface area contributed by atoms with Crippen molar-refractivity contribution in [2.45, 2.75) is 20.8 Å². The maximum Gasteiger partial charge on any atom is 0.350 e. The standard InChI is InChI=1S/C15H16FNO2S/c1-4-19-15(18)14-12(17)9(3)13(20-14)10-5-8(2)6-11(16)7-10/h5-7H,4,17H2,1-3H3. The number of carbonyl (C=O) groups is 1. The van der Waals surface area contributed by atoms with E-state index in [9.17, 15) is 9.18 Å². The lowest BCUT2D eigenvalue weighted by molar-refractivity contribution is 0.0533. The predicted molar refractivity (Wildman–Crippen MR) is 79.6 cm³/mol. The highest BCUT2D eigenvalue weighted by molar-refractivity contribution is 7.18. The number of rotatable bonds is 3. The quantitative estimate of drug-likeness (QED) is 0.872. The molecule has 1 aromatic carbocycles. The lowest BCUT2D eigenvalue weighted by atomic mass is 10.1. The third kappa shape index (κ3) is 2.67. The number of thiophene rings is 1. The summed E-state index contributed by atoms with van der Waals surface area (Å²) in [7, 11) is 0. The first kappa shape index (κ1) is 14.5. The second kappa shape index (κ2) is 5.63. The van der Waals surface area contributed by atoms with Gasteiger partial charge in [0.25, 0.3) is 0 Å². The van der Waals surface area contributed by atoms with Crippen LogP contribution in [-0.2, 0) is 4.74 Å². The molecule has 0 unspecified atom stereocenters.